The molecule has 1 atom stereocenters. The van der Waals surface area contributed by atoms with Crippen molar-refractivity contribution in [2.45, 2.75) is 19.4 Å². The Morgan fingerprint density at radius 1 is 1.30 bits per heavy atom. The lowest BCUT2D eigenvalue weighted by Crippen LogP contribution is -2.21. The third-order valence-electron chi connectivity index (χ3n) is 3.28. The number of likely N-dealkylation sites (N-methyl/N-ethyl adjacent to an activating group) is 1. The summed E-state index contributed by atoms with van der Waals surface area (Å²) < 4.78 is 19.7. The fourth-order valence-electron chi connectivity index (χ4n) is 2.35. The molecule has 0 aliphatic carbocycles. The highest BCUT2D eigenvalue weighted by molar-refractivity contribution is 7.19. The summed E-state index contributed by atoms with van der Waals surface area (Å²) in [5, 5.41) is 4.56. The van der Waals surface area contributed by atoms with Crippen LogP contribution < -0.4 is 5.32 Å². The second kappa shape index (κ2) is 5.77. The molecule has 0 radical (unpaired) electrons. The van der Waals surface area contributed by atoms with Crippen LogP contribution in [0.1, 0.15) is 23.6 Å². The molecule has 1 unspecified atom stereocenters. The quantitative estimate of drug-likeness (QED) is 0.746. The van der Waals surface area contributed by atoms with Crippen LogP contribution in [-0.2, 0) is 6.42 Å². The van der Waals surface area contributed by atoms with E-state index in [2.05, 4.69) is 18.3 Å². The van der Waals surface area contributed by atoms with E-state index in [9.17, 15) is 4.39 Å². The Kier molecular flexibility index (Phi) is 3.85. The van der Waals surface area contributed by atoms with Crippen LogP contribution in [-0.4, -0.2) is 6.54 Å². The first-order valence-corrected chi connectivity index (χ1v) is 7.52. The molecule has 0 bridgehead atoms. The molecule has 0 saturated heterocycles. The van der Waals surface area contributed by atoms with Crippen molar-refractivity contribution in [1.82, 2.24) is 5.32 Å². The van der Waals surface area contributed by atoms with Crippen molar-refractivity contribution in [3.8, 4) is 0 Å². The van der Waals surface area contributed by atoms with E-state index in [1.54, 1.807) is 23.7 Å². The highest BCUT2D eigenvalue weighted by Crippen LogP contribution is 2.32. The number of fused-ring (bicyclic) bond motifs is 1. The summed E-state index contributed by atoms with van der Waals surface area (Å²) in [5.41, 5.74) is 0. The van der Waals surface area contributed by atoms with E-state index in [-0.39, 0.29) is 11.9 Å². The van der Waals surface area contributed by atoms with Crippen molar-refractivity contribution in [2.24, 2.45) is 0 Å². The summed E-state index contributed by atoms with van der Waals surface area (Å²) in [6.07, 6.45) is 2.49. The van der Waals surface area contributed by atoms with E-state index in [0.29, 0.717) is 0 Å². The molecular weight excluding hydrogens is 273 g/mol. The molecule has 0 amide bonds. The number of hydrogen-bond donors (Lipinski definition) is 1. The Morgan fingerprint density at radius 2 is 2.20 bits per heavy atom. The van der Waals surface area contributed by atoms with Crippen LogP contribution in [0.15, 0.2) is 47.1 Å². The number of hydrogen-bond acceptors (Lipinski definition) is 3. The summed E-state index contributed by atoms with van der Waals surface area (Å²) >= 11 is 1.64. The molecule has 0 saturated carbocycles. The summed E-state index contributed by atoms with van der Waals surface area (Å²) in [5.74, 6) is 0.775. The van der Waals surface area contributed by atoms with Crippen LogP contribution >= 0.6 is 11.3 Å². The van der Waals surface area contributed by atoms with Gasteiger partial charge in [0.2, 0.25) is 0 Å². The van der Waals surface area contributed by atoms with Crippen LogP contribution in [0, 0.1) is 5.82 Å². The van der Waals surface area contributed by atoms with E-state index in [1.165, 1.54) is 10.9 Å². The molecule has 0 fully saturated rings. The molecule has 2 aromatic heterocycles. The van der Waals surface area contributed by atoms with Gasteiger partial charge in [-0.05, 0) is 42.3 Å². The van der Waals surface area contributed by atoms with Gasteiger partial charge in [0.25, 0.3) is 0 Å². The average Bonchev–Trinajstić information content (AvgIpc) is 3.06. The van der Waals surface area contributed by atoms with Gasteiger partial charge >= 0.3 is 0 Å². The van der Waals surface area contributed by atoms with Gasteiger partial charge in [0.15, 0.2) is 0 Å². The normalized spacial score (nSPS) is 12.9. The summed E-state index contributed by atoms with van der Waals surface area (Å²) in [4.78, 5) is 1.21. The first-order chi connectivity index (χ1) is 9.76. The number of benzene rings is 1. The van der Waals surface area contributed by atoms with Crippen molar-refractivity contribution in [2.75, 3.05) is 6.54 Å². The molecular formula is C16H16FNOS. The fourth-order valence-corrected chi connectivity index (χ4v) is 3.51. The predicted octanol–water partition coefficient (Wildman–Crippen LogP) is 4.53. The first kappa shape index (κ1) is 13.3. The van der Waals surface area contributed by atoms with E-state index in [4.69, 9.17) is 4.42 Å². The average molecular weight is 289 g/mol. The number of furan rings is 1. The summed E-state index contributed by atoms with van der Waals surface area (Å²) in [7, 11) is 0. The predicted molar refractivity (Wildman–Crippen MR) is 80.6 cm³/mol. The van der Waals surface area contributed by atoms with Gasteiger partial charge in [-0.15, -0.1) is 11.3 Å². The van der Waals surface area contributed by atoms with Crippen molar-refractivity contribution in [3.63, 3.8) is 0 Å². The lowest BCUT2D eigenvalue weighted by Gasteiger charge is -2.14. The maximum Gasteiger partial charge on any atom is 0.124 e. The highest BCUT2D eigenvalue weighted by Gasteiger charge is 2.16. The molecule has 2 nitrogen and oxygen atoms in total. The van der Waals surface area contributed by atoms with Crippen LogP contribution in [0.4, 0.5) is 4.39 Å². The Bertz CT molecular complexity index is 690. The SMILES string of the molecule is CCNC(Cc1ccco1)c1cc2ccc(F)cc2s1. The minimum Gasteiger partial charge on any atom is -0.469 e. The monoisotopic (exact) mass is 289 g/mol. The van der Waals surface area contributed by atoms with Crippen molar-refractivity contribution < 1.29 is 8.81 Å². The first-order valence-electron chi connectivity index (χ1n) is 6.71. The zero-order valence-corrected chi connectivity index (χ0v) is 12.0. The molecule has 104 valence electrons. The van der Waals surface area contributed by atoms with Crippen molar-refractivity contribution >= 4 is 21.4 Å². The Labute approximate surface area is 121 Å². The molecule has 1 N–H and O–H groups in total. The minimum atomic E-state index is -0.183. The zero-order chi connectivity index (χ0) is 13.9. The lowest BCUT2D eigenvalue weighted by atomic mass is 10.1. The fraction of sp³-hybridized carbons (Fsp3) is 0.250. The smallest absolute Gasteiger partial charge is 0.124 e. The summed E-state index contributed by atoms with van der Waals surface area (Å²) in [6, 6.07) is 11.2. The van der Waals surface area contributed by atoms with Crippen LogP contribution in [0.2, 0.25) is 0 Å². The van der Waals surface area contributed by atoms with Crippen molar-refractivity contribution in [3.05, 3.63) is 59.1 Å². The van der Waals surface area contributed by atoms with Crippen LogP contribution in [0.3, 0.4) is 0 Å². The molecule has 1 aromatic carbocycles. The van der Waals surface area contributed by atoms with Gasteiger partial charge in [-0.25, -0.2) is 4.39 Å². The Balaban J connectivity index is 1.92. The maximum absolute atomic E-state index is 13.3. The van der Waals surface area contributed by atoms with E-state index >= 15 is 0 Å². The third-order valence-corrected chi connectivity index (χ3v) is 4.49. The van der Waals surface area contributed by atoms with E-state index < -0.39 is 0 Å². The van der Waals surface area contributed by atoms with Crippen LogP contribution in [0.5, 0.6) is 0 Å². The second-order valence-corrected chi connectivity index (χ2v) is 5.84. The maximum atomic E-state index is 13.3. The minimum absolute atomic E-state index is 0.183. The topological polar surface area (TPSA) is 25.2 Å². The number of halogens is 1. The molecule has 3 rings (SSSR count). The van der Waals surface area contributed by atoms with E-state index in [0.717, 1.165) is 28.8 Å². The van der Waals surface area contributed by atoms with Crippen molar-refractivity contribution in [1.29, 1.82) is 0 Å². The number of nitrogens with one attached hydrogen (secondary N) is 1. The zero-order valence-electron chi connectivity index (χ0n) is 11.2. The Hall–Kier alpha value is -1.65. The third kappa shape index (κ3) is 2.76. The standard InChI is InChI=1S/C16H16FNOS/c1-2-18-14(10-13-4-3-7-19-13)16-8-11-5-6-12(17)9-15(11)20-16/h3-9,14,18H,2,10H2,1H3. The van der Waals surface area contributed by atoms with Crippen LogP contribution in [0.25, 0.3) is 10.1 Å². The number of thiophene rings is 1. The van der Waals surface area contributed by atoms with Gasteiger partial charge in [0, 0.05) is 22.0 Å². The van der Waals surface area contributed by atoms with Gasteiger partial charge in [-0.2, -0.15) is 0 Å². The van der Waals surface area contributed by atoms with Gasteiger partial charge in [-0.3, -0.25) is 0 Å². The lowest BCUT2D eigenvalue weighted by molar-refractivity contribution is 0.458. The molecule has 0 spiro atoms. The molecule has 4 heteroatoms. The molecule has 0 aliphatic heterocycles. The van der Waals surface area contributed by atoms with Gasteiger partial charge in [0.05, 0.1) is 6.26 Å². The van der Waals surface area contributed by atoms with Gasteiger partial charge in [-0.1, -0.05) is 13.0 Å². The second-order valence-electron chi connectivity index (χ2n) is 4.72. The number of rotatable bonds is 5. The Morgan fingerprint density at radius 3 is 2.95 bits per heavy atom. The van der Waals surface area contributed by atoms with Gasteiger partial charge < -0.3 is 9.73 Å². The van der Waals surface area contributed by atoms with Gasteiger partial charge in [0.1, 0.15) is 11.6 Å². The molecule has 20 heavy (non-hydrogen) atoms. The molecule has 2 heterocycles. The molecule has 0 aliphatic rings. The van der Waals surface area contributed by atoms with E-state index in [1.807, 2.05) is 18.2 Å². The highest BCUT2D eigenvalue weighted by atomic mass is 32.1. The molecule has 3 aromatic rings. The summed E-state index contributed by atoms with van der Waals surface area (Å²) in [6.45, 7) is 2.97. The largest absolute Gasteiger partial charge is 0.469 e.